The van der Waals surface area contributed by atoms with Gasteiger partial charge < -0.3 is 15.2 Å². The van der Waals surface area contributed by atoms with Crippen molar-refractivity contribution < 1.29 is 0 Å². The minimum absolute atomic E-state index is 0.325. The zero-order chi connectivity index (χ0) is 15.7. The zero-order valence-corrected chi connectivity index (χ0v) is 13.3. The van der Waals surface area contributed by atoms with Crippen molar-refractivity contribution in [2.75, 3.05) is 11.9 Å². The standard InChI is InChI=1S/C15H23N7/c1-10(2)22-9-19-20-15(22)7-21(3)14-6-13(17-8-18-14)11-4-12(16)5-11/h6,8-12H,4-5,7,16H2,1-3H3. The quantitative estimate of drug-likeness (QED) is 0.900. The molecule has 1 saturated carbocycles. The first-order chi connectivity index (χ1) is 10.5. The minimum Gasteiger partial charge on any atom is -0.352 e. The van der Waals surface area contributed by atoms with Gasteiger partial charge in [0.15, 0.2) is 5.82 Å². The molecule has 7 nitrogen and oxygen atoms in total. The molecule has 1 fully saturated rings. The number of hydrogen-bond donors (Lipinski definition) is 1. The first-order valence-electron chi connectivity index (χ1n) is 7.71. The fourth-order valence-electron chi connectivity index (χ4n) is 2.80. The van der Waals surface area contributed by atoms with Gasteiger partial charge >= 0.3 is 0 Å². The first-order valence-corrected chi connectivity index (χ1v) is 7.71. The Morgan fingerprint density at radius 3 is 2.82 bits per heavy atom. The number of aromatic nitrogens is 5. The molecule has 2 heterocycles. The Kier molecular flexibility index (Phi) is 4.06. The Morgan fingerprint density at radius 2 is 2.14 bits per heavy atom. The molecule has 2 aromatic heterocycles. The van der Waals surface area contributed by atoms with E-state index in [1.807, 2.05) is 7.05 Å². The summed E-state index contributed by atoms with van der Waals surface area (Å²) < 4.78 is 2.07. The Bertz CT molecular complexity index is 630. The van der Waals surface area contributed by atoms with E-state index in [0.717, 1.165) is 30.2 Å². The molecule has 0 unspecified atom stereocenters. The fraction of sp³-hybridized carbons (Fsp3) is 0.600. The van der Waals surface area contributed by atoms with Gasteiger partial charge in [-0.3, -0.25) is 0 Å². The van der Waals surface area contributed by atoms with E-state index in [1.54, 1.807) is 12.7 Å². The minimum atomic E-state index is 0.325. The molecular formula is C15H23N7. The highest BCUT2D eigenvalue weighted by Crippen LogP contribution is 2.35. The van der Waals surface area contributed by atoms with Gasteiger partial charge in [0.2, 0.25) is 0 Å². The van der Waals surface area contributed by atoms with E-state index >= 15 is 0 Å². The van der Waals surface area contributed by atoms with Crippen LogP contribution in [0.4, 0.5) is 5.82 Å². The van der Waals surface area contributed by atoms with E-state index in [1.165, 1.54) is 0 Å². The predicted molar refractivity (Wildman–Crippen MR) is 84.5 cm³/mol. The van der Waals surface area contributed by atoms with Gasteiger partial charge in [-0.2, -0.15) is 0 Å². The first kappa shape index (κ1) is 14.9. The highest BCUT2D eigenvalue weighted by Gasteiger charge is 2.28. The summed E-state index contributed by atoms with van der Waals surface area (Å²) in [6.45, 7) is 4.91. The van der Waals surface area contributed by atoms with Crippen LogP contribution in [0.2, 0.25) is 0 Å². The second-order valence-corrected chi connectivity index (χ2v) is 6.33. The van der Waals surface area contributed by atoms with E-state index in [2.05, 4.69) is 49.5 Å². The zero-order valence-electron chi connectivity index (χ0n) is 13.3. The molecule has 0 saturated heterocycles. The lowest BCUT2D eigenvalue weighted by atomic mass is 9.78. The lowest BCUT2D eigenvalue weighted by Gasteiger charge is -2.32. The number of hydrogen-bond acceptors (Lipinski definition) is 6. The van der Waals surface area contributed by atoms with E-state index in [0.29, 0.717) is 24.5 Å². The maximum Gasteiger partial charge on any atom is 0.152 e. The molecule has 0 bridgehead atoms. The highest BCUT2D eigenvalue weighted by atomic mass is 15.3. The van der Waals surface area contributed by atoms with Crippen LogP contribution in [0.25, 0.3) is 0 Å². The molecule has 7 heteroatoms. The summed E-state index contributed by atoms with van der Waals surface area (Å²) in [5.74, 6) is 2.32. The van der Waals surface area contributed by atoms with Crippen LogP contribution < -0.4 is 10.6 Å². The largest absolute Gasteiger partial charge is 0.352 e. The van der Waals surface area contributed by atoms with Crippen molar-refractivity contribution in [3.63, 3.8) is 0 Å². The maximum atomic E-state index is 5.87. The lowest BCUT2D eigenvalue weighted by Crippen LogP contribution is -2.35. The van der Waals surface area contributed by atoms with Crippen molar-refractivity contribution in [1.82, 2.24) is 24.7 Å². The number of nitrogens with zero attached hydrogens (tertiary/aromatic N) is 6. The van der Waals surface area contributed by atoms with Crippen LogP contribution in [0, 0.1) is 0 Å². The van der Waals surface area contributed by atoms with Gasteiger partial charge in [0, 0.05) is 36.8 Å². The van der Waals surface area contributed by atoms with Crippen molar-refractivity contribution >= 4 is 5.82 Å². The average Bonchev–Trinajstić information content (AvgIpc) is 2.92. The summed E-state index contributed by atoms with van der Waals surface area (Å²) in [6.07, 6.45) is 5.44. The highest BCUT2D eigenvalue weighted by molar-refractivity contribution is 5.39. The molecule has 0 amide bonds. The molecule has 0 atom stereocenters. The topological polar surface area (TPSA) is 85.8 Å². The summed E-state index contributed by atoms with van der Waals surface area (Å²) in [4.78, 5) is 10.9. The molecule has 0 aliphatic heterocycles. The van der Waals surface area contributed by atoms with Gasteiger partial charge in [-0.1, -0.05) is 0 Å². The van der Waals surface area contributed by atoms with Crippen LogP contribution in [0.1, 0.15) is 50.2 Å². The van der Waals surface area contributed by atoms with Gasteiger partial charge in [-0.25, -0.2) is 9.97 Å². The number of rotatable bonds is 5. The van der Waals surface area contributed by atoms with Crippen molar-refractivity contribution in [1.29, 1.82) is 0 Å². The third-order valence-corrected chi connectivity index (χ3v) is 4.24. The van der Waals surface area contributed by atoms with E-state index in [4.69, 9.17) is 5.73 Å². The molecule has 1 aliphatic rings. The third kappa shape index (κ3) is 2.94. The van der Waals surface area contributed by atoms with Crippen LogP contribution in [0.3, 0.4) is 0 Å². The van der Waals surface area contributed by atoms with Crippen LogP contribution in [-0.4, -0.2) is 37.8 Å². The summed E-state index contributed by atoms with van der Waals surface area (Å²) in [7, 11) is 2.01. The summed E-state index contributed by atoms with van der Waals surface area (Å²) >= 11 is 0. The van der Waals surface area contributed by atoms with Crippen molar-refractivity contribution in [3.05, 3.63) is 30.2 Å². The van der Waals surface area contributed by atoms with E-state index < -0.39 is 0 Å². The third-order valence-electron chi connectivity index (χ3n) is 4.24. The molecule has 0 aromatic carbocycles. The van der Waals surface area contributed by atoms with Crippen LogP contribution in [0.15, 0.2) is 18.7 Å². The van der Waals surface area contributed by atoms with E-state index in [-0.39, 0.29) is 0 Å². The monoisotopic (exact) mass is 301 g/mol. The predicted octanol–water partition coefficient (Wildman–Crippen LogP) is 1.49. The van der Waals surface area contributed by atoms with E-state index in [9.17, 15) is 0 Å². The molecule has 2 aromatic rings. The van der Waals surface area contributed by atoms with Gasteiger partial charge in [0.05, 0.1) is 6.54 Å². The fourth-order valence-corrected chi connectivity index (χ4v) is 2.80. The summed E-state index contributed by atoms with van der Waals surface area (Å²) in [5, 5.41) is 8.22. The van der Waals surface area contributed by atoms with Gasteiger partial charge in [0.1, 0.15) is 18.5 Å². The van der Waals surface area contributed by atoms with Gasteiger partial charge in [-0.05, 0) is 26.7 Å². The number of anilines is 1. The molecule has 118 valence electrons. The molecule has 3 rings (SSSR count). The maximum absolute atomic E-state index is 5.87. The Hall–Kier alpha value is -2.02. The second kappa shape index (κ2) is 6.00. The second-order valence-electron chi connectivity index (χ2n) is 6.33. The molecular weight excluding hydrogens is 278 g/mol. The van der Waals surface area contributed by atoms with Crippen LogP contribution >= 0.6 is 0 Å². The normalized spacial score (nSPS) is 21.0. The van der Waals surface area contributed by atoms with Crippen molar-refractivity contribution in [2.24, 2.45) is 5.73 Å². The molecule has 1 aliphatic carbocycles. The van der Waals surface area contributed by atoms with Gasteiger partial charge in [0.25, 0.3) is 0 Å². The smallest absolute Gasteiger partial charge is 0.152 e. The van der Waals surface area contributed by atoms with Gasteiger partial charge in [-0.15, -0.1) is 10.2 Å². The van der Waals surface area contributed by atoms with Crippen LogP contribution in [0.5, 0.6) is 0 Å². The Labute approximate surface area is 130 Å². The molecule has 22 heavy (non-hydrogen) atoms. The van der Waals surface area contributed by atoms with Crippen molar-refractivity contribution in [2.45, 2.75) is 51.2 Å². The van der Waals surface area contributed by atoms with Crippen LogP contribution in [-0.2, 0) is 6.54 Å². The lowest BCUT2D eigenvalue weighted by molar-refractivity contribution is 0.345. The SMILES string of the molecule is CC(C)n1cnnc1CN(C)c1cc(C2CC(N)C2)ncn1. The molecule has 0 spiro atoms. The molecule has 2 N–H and O–H groups in total. The summed E-state index contributed by atoms with van der Waals surface area (Å²) in [5.41, 5.74) is 6.95. The van der Waals surface area contributed by atoms with Crippen molar-refractivity contribution in [3.8, 4) is 0 Å². The Balaban J connectivity index is 1.73. The Morgan fingerprint density at radius 1 is 1.36 bits per heavy atom. The average molecular weight is 301 g/mol. The molecule has 0 radical (unpaired) electrons. The summed E-state index contributed by atoms with van der Waals surface area (Å²) in [6, 6.07) is 2.73. The number of nitrogens with two attached hydrogens (primary N) is 1.